The molecule has 1 rings (SSSR count). The van der Waals surface area contributed by atoms with Gasteiger partial charge in [-0.25, -0.2) is 4.79 Å². The summed E-state index contributed by atoms with van der Waals surface area (Å²) in [7, 11) is 0. The van der Waals surface area contributed by atoms with Crippen LogP contribution in [0.15, 0.2) is 24.3 Å². The Bertz CT molecular complexity index is 612. The number of carboxylic acids is 1. The Morgan fingerprint density at radius 3 is 1.33 bits per heavy atom. The fourth-order valence-corrected chi connectivity index (χ4v) is 4.28. The summed E-state index contributed by atoms with van der Waals surface area (Å²) in [4.78, 5) is 22.8. The van der Waals surface area contributed by atoms with E-state index in [0.29, 0.717) is 12.1 Å². The highest BCUT2D eigenvalue weighted by molar-refractivity contribution is 5.92. The molecule has 0 aromatic heterocycles. The third kappa shape index (κ3) is 17.3. The van der Waals surface area contributed by atoms with Gasteiger partial charge in [0.15, 0.2) is 0 Å². The zero-order valence-electron chi connectivity index (χ0n) is 21.2. The van der Waals surface area contributed by atoms with Gasteiger partial charge in [0.05, 0.1) is 5.56 Å². The van der Waals surface area contributed by atoms with Gasteiger partial charge in [0.1, 0.15) is 0 Å². The first-order valence-electron chi connectivity index (χ1n) is 13.8. The minimum absolute atomic E-state index is 0.00467. The molecule has 0 unspecified atom stereocenters. The van der Waals surface area contributed by atoms with Crippen LogP contribution in [0.5, 0.6) is 0 Å². The van der Waals surface area contributed by atoms with E-state index in [4.69, 9.17) is 5.11 Å². The first kappa shape index (κ1) is 29.2. The number of carboxylic acid groups (broad SMARTS) is 1. The molecule has 4 heteroatoms. The second kappa shape index (κ2) is 20.7. The standard InChI is InChI=1S/C29H49NO3/c1-2-3-4-5-6-7-8-9-10-11-12-13-14-15-16-17-18-19-20-21-28(31)30-27-24-22-26(23-25-27)29(32)33/h22-25H,2-21H2,1H3,(H,30,31)(H,32,33). The van der Waals surface area contributed by atoms with Crippen molar-refractivity contribution in [1.29, 1.82) is 0 Å². The van der Waals surface area contributed by atoms with Crippen LogP contribution in [0.2, 0.25) is 0 Å². The molecule has 0 radical (unpaired) electrons. The minimum atomic E-state index is -0.957. The van der Waals surface area contributed by atoms with Crippen molar-refractivity contribution in [2.45, 2.75) is 135 Å². The monoisotopic (exact) mass is 459 g/mol. The van der Waals surface area contributed by atoms with Crippen molar-refractivity contribution in [2.75, 3.05) is 5.32 Å². The van der Waals surface area contributed by atoms with E-state index in [1.54, 1.807) is 12.1 Å². The third-order valence-electron chi connectivity index (χ3n) is 6.42. The molecule has 0 aliphatic rings. The normalized spacial score (nSPS) is 10.9. The van der Waals surface area contributed by atoms with Crippen LogP contribution in [0.1, 0.15) is 146 Å². The Labute approximate surface area is 202 Å². The highest BCUT2D eigenvalue weighted by atomic mass is 16.4. The smallest absolute Gasteiger partial charge is 0.335 e. The first-order valence-corrected chi connectivity index (χ1v) is 13.8. The summed E-state index contributed by atoms with van der Waals surface area (Å²) in [5, 5.41) is 11.7. The predicted octanol–water partition coefficient (Wildman–Crippen LogP) is 9.15. The molecule has 0 fully saturated rings. The minimum Gasteiger partial charge on any atom is -0.478 e. The van der Waals surface area contributed by atoms with Crippen LogP contribution in [0, 0.1) is 0 Å². The maximum atomic E-state index is 12.0. The van der Waals surface area contributed by atoms with E-state index in [-0.39, 0.29) is 11.5 Å². The summed E-state index contributed by atoms with van der Waals surface area (Å²) in [5.41, 5.74) is 0.884. The van der Waals surface area contributed by atoms with E-state index < -0.39 is 5.97 Å². The predicted molar refractivity (Wildman–Crippen MR) is 140 cm³/mol. The van der Waals surface area contributed by atoms with Gasteiger partial charge in [0, 0.05) is 12.1 Å². The molecule has 1 aromatic rings. The SMILES string of the molecule is CCCCCCCCCCCCCCCCCCCCCC(=O)Nc1ccc(C(=O)O)cc1. The molecule has 4 nitrogen and oxygen atoms in total. The molecule has 1 amide bonds. The zero-order valence-corrected chi connectivity index (χ0v) is 21.2. The molecule has 2 N–H and O–H groups in total. The lowest BCUT2D eigenvalue weighted by molar-refractivity contribution is -0.116. The number of hydrogen-bond donors (Lipinski definition) is 2. The lowest BCUT2D eigenvalue weighted by atomic mass is 10.0. The highest BCUT2D eigenvalue weighted by Gasteiger charge is 2.05. The number of carbonyl (C=O) groups is 2. The summed E-state index contributed by atoms with van der Waals surface area (Å²) >= 11 is 0. The van der Waals surface area contributed by atoms with Gasteiger partial charge in [-0.05, 0) is 30.7 Å². The lowest BCUT2D eigenvalue weighted by Gasteiger charge is -2.06. The van der Waals surface area contributed by atoms with Crippen molar-refractivity contribution in [3.05, 3.63) is 29.8 Å². The number of rotatable bonds is 22. The molecule has 0 heterocycles. The summed E-state index contributed by atoms with van der Waals surface area (Å²) in [6.45, 7) is 2.28. The Hall–Kier alpha value is -1.84. The second-order valence-electron chi connectivity index (χ2n) is 9.54. The van der Waals surface area contributed by atoms with E-state index >= 15 is 0 Å². The van der Waals surface area contributed by atoms with Crippen LogP contribution in [-0.4, -0.2) is 17.0 Å². The molecule has 0 aliphatic heterocycles. The van der Waals surface area contributed by atoms with Crippen LogP contribution in [0.4, 0.5) is 5.69 Å². The summed E-state index contributed by atoms with van der Waals surface area (Å²) in [6, 6.07) is 6.29. The maximum Gasteiger partial charge on any atom is 0.335 e. The first-order chi connectivity index (χ1) is 16.1. The molecule has 0 aliphatic carbocycles. The van der Waals surface area contributed by atoms with Gasteiger partial charge in [-0.15, -0.1) is 0 Å². The summed E-state index contributed by atoms with van der Waals surface area (Å²) < 4.78 is 0. The van der Waals surface area contributed by atoms with Gasteiger partial charge >= 0.3 is 5.97 Å². The molecule has 188 valence electrons. The molecule has 0 atom stereocenters. The van der Waals surface area contributed by atoms with Gasteiger partial charge in [0.2, 0.25) is 5.91 Å². The number of amides is 1. The van der Waals surface area contributed by atoms with Crippen LogP contribution >= 0.6 is 0 Å². The van der Waals surface area contributed by atoms with Crippen molar-refractivity contribution in [3.63, 3.8) is 0 Å². The average molecular weight is 460 g/mol. The van der Waals surface area contributed by atoms with Crippen molar-refractivity contribution in [1.82, 2.24) is 0 Å². The van der Waals surface area contributed by atoms with Gasteiger partial charge < -0.3 is 10.4 Å². The Kier molecular flexibility index (Phi) is 18.4. The molecule has 1 aromatic carbocycles. The fourth-order valence-electron chi connectivity index (χ4n) is 4.28. The number of carbonyl (C=O) groups excluding carboxylic acids is 1. The molecule has 0 saturated heterocycles. The average Bonchev–Trinajstić information content (AvgIpc) is 2.81. The number of unbranched alkanes of at least 4 members (excludes halogenated alkanes) is 18. The number of aromatic carboxylic acids is 1. The summed E-state index contributed by atoms with van der Waals surface area (Å²) in [6.07, 6.45) is 26.1. The quantitative estimate of drug-likeness (QED) is 0.170. The van der Waals surface area contributed by atoms with E-state index in [1.807, 2.05) is 0 Å². The van der Waals surface area contributed by atoms with E-state index in [9.17, 15) is 9.59 Å². The van der Waals surface area contributed by atoms with Gasteiger partial charge in [-0.1, -0.05) is 122 Å². The maximum absolute atomic E-state index is 12.0. The Balaban J connectivity index is 1.80. The van der Waals surface area contributed by atoms with Gasteiger partial charge in [0.25, 0.3) is 0 Å². The number of hydrogen-bond acceptors (Lipinski definition) is 2. The van der Waals surface area contributed by atoms with Gasteiger partial charge in [-0.3, -0.25) is 4.79 Å². The van der Waals surface area contributed by atoms with Crippen LogP contribution < -0.4 is 5.32 Å². The molecule has 0 bridgehead atoms. The number of anilines is 1. The van der Waals surface area contributed by atoms with E-state index in [0.717, 1.165) is 12.8 Å². The molecular formula is C29H49NO3. The fraction of sp³-hybridized carbons (Fsp3) is 0.724. The van der Waals surface area contributed by atoms with E-state index in [1.165, 1.54) is 121 Å². The van der Waals surface area contributed by atoms with Crippen LogP contribution in [-0.2, 0) is 4.79 Å². The van der Waals surface area contributed by atoms with Crippen molar-refractivity contribution < 1.29 is 14.7 Å². The molecule has 0 spiro atoms. The van der Waals surface area contributed by atoms with Crippen molar-refractivity contribution in [3.8, 4) is 0 Å². The third-order valence-corrected chi connectivity index (χ3v) is 6.42. The Morgan fingerprint density at radius 2 is 0.970 bits per heavy atom. The molecule has 0 saturated carbocycles. The van der Waals surface area contributed by atoms with Crippen molar-refractivity contribution in [2.24, 2.45) is 0 Å². The van der Waals surface area contributed by atoms with Crippen LogP contribution in [0.3, 0.4) is 0 Å². The number of nitrogens with one attached hydrogen (secondary N) is 1. The van der Waals surface area contributed by atoms with Crippen molar-refractivity contribution >= 4 is 17.6 Å². The Morgan fingerprint density at radius 1 is 0.606 bits per heavy atom. The molecule has 33 heavy (non-hydrogen) atoms. The molecular weight excluding hydrogens is 410 g/mol. The van der Waals surface area contributed by atoms with Gasteiger partial charge in [-0.2, -0.15) is 0 Å². The largest absolute Gasteiger partial charge is 0.478 e. The number of benzene rings is 1. The zero-order chi connectivity index (χ0) is 24.0. The topological polar surface area (TPSA) is 66.4 Å². The van der Waals surface area contributed by atoms with E-state index in [2.05, 4.69) is 12.2 Å². The van der Waals surface area contributed by atoms with Crippen LogP contribution in [0.25, 0.3) is 0 Å². The summed E-state index contributed by atoms with van der Waals surface area (Å²) in [5.74, 6) is -0.952. The highest BCUT2D eigenvalue weighted by Crippen LogP contribution is 2.15. The lowest BCUT2D eigenvalue weighted by Crippen LogP contribution is -2.11. The second-order valence-corrected chi connectivity index (χ2v) is 9.54.